The molecule has 0 spiro atoms. The maximum atomic E-state index is 12.4. The number of likely N-dealkylation sites (N-methyl/N-ethyl adjacent to an activating group) is 1. The summed E-state index contributed by atoms with van der Waals surface area (Å²) in [6.07, 6.45) is 6.91. The van der Waals surface area contributed by atoms with Crippen LogP contribution in [-0.2, 0) is 11.3 Å². The first-order chi connectivity index (χ1) is 15.0. The minimum atomic E-state index is -0.380. The zero-order chi connectivity index (χ0) is 22.6. The monoisotopic (exact) mass is 483 g/mol. The van der Waals surface area contributed by atoms with Gasteiger partial charge in [0.05, 0.1) is 24.9 Å². The van der Waals surface area contributed by atoms with E-state index in [9.17, 15) is 4.79 Å². The number of nitrogens with zero attached hydrogens (tertiary/aromatic N) is 4. The molecule has 8 heteroatoms. The van der Waals surface area contributed by atoms with Crippen molar-refractivity contribution in [2.45, 2.75) is 13.5 Å². The average Bonchev–Trinajstić information content (AvgIpc) is 2.78. The van der Waals surface area contributed by atoms with Gasteiger partial charge in [-0.15, -0.1) is 0 Å². The van der Waals surface area contributed by atoms with Crippen LogP contribution >= 0.6 is 15.9 Å². The van der Waals surface area contributed by atoms with Crippen molar-refractivity contribution in [3.8, 4) is 0 Å². The summed E-state index contributed by atoms with van der Waals surface area (Å²) in [7, 11) is 3.58. The molecular formula is C23H26BrN5O2. The predicted octanol–water partition coefficient (Wildman–Crippen LogP) is 4.24. The van der Waals surface area contributed by atoms with E-state index in [4.69, 9.17) is 9.73 Å². The molecule has 0 atom stereocenters. The van der Waals surface area contributed by atoms with Gasteiger partial charge >= 0.3 is 5.97 Å². The van der Waals surface area contributed by atoms with Crippen LogP contribution in [0.4, 0.5) is 0 Å². The van der Waals surface area contributed by atoms with Crippen molar-refractivity contribution in [3.05, 3.63) is 82.6 Å². The summed E-state index contributed by atoms with van der Waals surface area (Å²) in [5.41, 5.74) is 2.85. The zero-order valence-electron chi connectivity index (χ0n) is 17.9. The molecule has 1 aromatic carbocycles. The Hall–Kier alpha value is -3.26. The van der Waals surface area contributed by atoms with Gasteiger partial charge in [0.1, 0.15) is 5.84 Å². The molecule has 1 aromatic heterocycles. The van der Waals surface area contributed by atoms with Gasteiger partial charge in [0.25, 0.3) is 0 Å². The van der Waals surface area contributed by atoms with Crippen LogP contribution in [0.25, 0.3) is 5.70 Å². The Morgan fingerprint density at radius 2 is 2.03 bits per heavy atom. The number of benzene rings is 1. The number of ether oxygens (including phenoxy) is 1. The average molecular weight is 484 g/mol. The number of aliphatic imine (C=N–C) groups is 1. The Morgan fingerprint density at radius 1 is 1.29 bits per heavy atom. The SMILES string of the molecule is C=C(Br)/C=N\N(C)C(C=C(NC)c1ccccc1C(=O)OCC)=NCc1cccnc1. The molecule has 0 unspecified atom stereocenters. The number of pyridine rings is 1. The molecule has 0 saturated carbocycles. The number of hydrogen-bond donors (Lipinski definition) is 1. The van der Waals surface area contributed by atoms with Crippen molar-refractivity contribution in [1.29, 1.82) is 0 Å². The Labute approximate surface area is 191 Å². The number of carbonyl (C=O) groups is 1. The molecule has 31 heavy (non-hydrogen) atoms. The highest BCUT2D eigenvalue weighted by Crippen LogP contribution is 2.19. The van der Waals surface area contributed by atoms with E-state index in [0.717, 1.165) is 5.56 Å². The third-order valence-electron chi connectivity index (χ3n) is 4.10. The van der Waals surface area contributed by atoms with E-state index >= 15 is 0 Å². The number of rotatable bonds is 9. The molecule has 1 N–H and O–H groups in total. The van der Waals surface area contributed by atoms with E-state index in [2.05, 4.69) is 37.9 Å². The molecule has 2 rings (SSSR count). The second-order valence-corrected chi connectivity index (χ2v) is 7.34. The van der Waals surface area contributed by atoms with Crippen LogP contribution in [0.3, 0.4) is 0 Å². The molecule has 0 aliphatic rings. The summed E-state index contributed by atoms with van der Waals surface area (Å²) in [5.74, 6) is 0.201. The number of aromatic nitrogens is 1. The molecule has 0 fully saturated rings. The summed E-state index contributed by atoms with van der Waals surface area (Å²) in [4.78, 5) is 21.3. The smallest absolute Gasteiger partial charge is 0.338 e. The lowest BCUT2D eigenvalue weighted by Crippen LogP contribution is -2.22. The van der Waals surface area contributed by atoms with E-state index in [0.29, 0.717) is 40.3 Å². The van der Waals surface area contributed by atoms with Gasteiger partial charge in [0.15, 0.2) is 0 Å². The van der Waals surface area contributed by atoms with E-state index in [1.807, 2.05) is 30.3 Å². The summed E-state index contributed by atoms with van der Waals surface area (Å²) in [5, 5.41) is 9.15. The number of carbonyl (C=O) groups excluding carboxylic acids is 1. The quantitative estimate of drug-likeness (QED) is 0.249. The van der Waals surface area contributed by atoms with Crippen LogP contribution in [0.5, 0.6) is 0 Å². The molecule has 7 nitrogen and oxygen atoms in total. The van der Waals surface area contributed by atoms with E-state index in [-0.39, 0.29) is 5.97 Å². The Kier molecular flexibility index (Phi) is 9.64. The second kappa shape index (κ2) is 12.4. The minimum Gasteiger partial charge on any atom is -0.462 e. The number of hydrogen-bond acceptors (Lipinski definition) is 6. The van der Waals surface area contributed by atoms with Gasteiger partial charge in [-0.1, -0.05) is 30.8 Å². The maximum absolute atomic E-state index is 12.4. The van der Waals surface area contributed by atoms with Crippen LogP contribution in [0.15, 0.2) is 76.0 Å². The Balaban J connectivity index is 2.49. The van der Waals surface area contributed by atoms with Gasteiger partial charge in [-0.05, 0) is 40.5 Å². The summed E-state index contributed by atoms with van der Waals surface area (Å²) >= 11 is 3.27. The largest absolute Gasteiger partial charge is 0.462 e. The summed E-state index contributed by atoms with van der Waals surface area (Å²) in [6.45, 7) is 6.27. The fraction of sp³-hybridized carbons (Fsp3) is 0.217. The molecule has 0 saturated heterocycles. The van der Waals surface area contributed by atoms with Crippen molar-refractivity contribution in [2.75, 3.05) is 20.7 Å². The molecule has 0 radical (unpaired) electrons. The highest BCUT2D eigenvalue weighted by Gasteiger charge is 2.15. The van der Waals surface area contributed by atoms with E-state index in [1.54, 1.807) is 56.8 Å². The van der Waals surface area contributed by atoms with Gasteiger partial charge in [0, 0.05) is 48.3 Å². The van der Waals surface area contributed by atoms with Gasteiger partial charge < -0.3 is 10.1 Å². The zero-order valence-corrected chi connectivity index (χ0v) is 19.5. The van der Waals surface area contributed by atoms with Crippen LogP contribution in [0.2, 0.25) is 0 Å². The lowest BCUT2D eigenvalue weighted by Gasteiger charge is -2.17. The van der Waals surface area contributed by atoms with E-state index in [1.165, 1.54) is 0 Å². The number of amidine groups is 1. The van der Waals surface area contributed by atoms with Gasteiger partial charge in [-0.2, -0.15) is 5.10 Å². The highest BCUT2D eigenvalue weighted by molar-refractivity contribution is 9.12. The summed E-state index contributed by atoms with van der Waals surface area (Å²) in [6, 6.07) is 11.1. The number of hydrazone groups is 1. The Bertz CT molecular complexity index is 986. The highest BCUT2D eigenvalue weighted by atomic mass is 79.9. The first-order valence-electron chi connectivity index (χ1n) is 9.67. The second-order valence-electron chi connectivity index (χ2n) is 6.32. The maximum Gasteiger partial charge on any atom is 0.338 e. The fourth-order valence-electron chi connectivity index (χ4n) is 2.63. The third-order valence-corrected chi connectivity index (χ3v) is 4.31. The van der Waals surface area contributed by atoms with Crippen molar-refractivity contribution < 1.29 is 9.53 Å². The molecule has 1 heterocycles. The Morgan fingerprint density at radius 3 is 2.65 bits per heavy atom. The molecule has 0 amide bonds. The first kappa shape index (κ1) is 24.0. The lowest BCUT2D eigenvalue weighted by atomic mass is 10.0. The van der Waals surface area contributed by atoms with Crippen LogP contribution in [-0.4, -0.2) is 48.7 Å². The van der Waals surface area contributed by atoms with Gasteiger partial charge in [-0.25, -0.2) is 4.79 Å². The molecule has 162 valence electrons. The predicted molar refractivity (Wildman–Crippen MR) is 129 cm³/mol. The van der Waals surface area contributed by atoms with Crippen LogP contribution < -0.4 is 5.32 Å². The lowest BCUT2D eigenvalue weighted by molar-refractivity contribution is 0.0526. The van der Waals surface area contributed by atoms with Crippen LogP contribution in [0, 0.1) is 0 Å². The summed E-state index contributed by atoms with van der Waals surface area (Å²) < 4.78 is 5.84. The standard InChI is InChI=1S/C23H26BrN5O2/c1-5-31-23(30)20-11-7-6-10-19(20)21(25-3)13-22(29(4)28-14-17(2)24)27-16-18-9-8-12-26-15-18/h6-15,25H,2,5,16H2,1,3-4H3/b21-13?,27-22?,28-14-. The molecule has 0 aliphatic carbocycles. The normalized spacial score (nSPS) is 12.0. The van der Waals surface area contributed by atoms with Crippen LogP contribution in [0.1, 0.15) is 28.4 Å². The molecule has 0 aliphatic heterocycles. The number of halogens is 1. The van der Waals surface area contributed by atoms with Gasteiger partial charge in [0.2, 0.25) is 0 Å². The van der Waals surface area contributed by atoms with Crippen molar-refractivity contribution >= 4 is 39.6 Å². The molecular weight excluding hydrogens is 458 g/mol. The van der Waals surface area contributed by atoms with Crippen molar-refractivity contribution in [1.82, 2.24) is 15.3 Å². The van der Waals surface area contributed by atoms with Gasteiger partial charge in [-0.3, -0.25) is 15.0 Å². The molecule has 2 aromatic rings. The number of allylic oxidation sites excluding steroid dienone is 1. The molecule has 0 bridgehead atoms. The van der Waals surface area contributed by atoms with Crippen molar-refractivity contribution in [3.63, 3.8) is 0 Å². The minimum absolute atomic E-state index is 0.303. The third kappa shape index (κ3) is 7.49. The topological polar surface area (TPSA) is 79.2 Å². The number of esters is 1. The fourth-order valence-corrected chi connectivity index (χ4v) is 2.72. The first-order valence-corrected chi connectivity index (χ1v) is 10.5. The van der Waals surface area contributed by atoms with E-state index < -0.39 is 0 Å². The van der Waals surface area contributed by atoms with Crippen molar-refractivity contribution in [2.24, 2.45) is 10.1 Å². The number of nitrogens with one attached hydrogen (secondary N) is 1.